The van der Waals surface area contributed by atoms with Crippen LogP contribution in [0.2, 0.25) is 5.02 Å². The molecule has 5 rings (SSSR count). The third-order valence-corrected chi connectivity index (χ3v) is 6.47. The molecule has 5 nitrogen and oxygen atoms in total. The molecule has 1 aliphatic heterocycles. The molecule has 1 N–H and O–H groups in total. The molecule has 2 heterocycles. The lowest BCUT2D eigenvalue weighted by atomic mass is 9.97. The summed E-state index contributed by atoms with van der Waals surface area (Å²) in [5, 5.41) is 28.3. The first kappa shape index (κ1) is 19.7. The molecule has 0 aliphatic carbocycles. The molecule has 31 heavy (non-hydrogen) atoms. The van der Waals surface area contributed by atoms with Crippen LogP contribution in [0.3, 0.4) is 0 Å². The van der Waals surface area contributed by atoms with E-state index in [0.29, 0.717) is 16.6 Å². The molecule has 0 saturated carbocycles. The number of phenolic OH excluding ortho intramolecular Hbond substituents is 1. The highest BCUT2D eigenvalue weighted by Crippen LogP contribution is 2.40. The van der Waals surface area contributed by atoms with Crippen molar-refractivity contribution in [3.8, 4) is 16.3 Å². The van der Waals surface area contributed by atoms with Crippen LogP contribution in [0.15, 0.2) is 77.9 Å². The number of aryl methyl sites for hydroxylation is 1. The first-order valence-electron chi connectivity index (χ1n) is 9.89. The van der Waals surface area contributed by atoms with E-state index < -0.39 is 0 Å². The van der Waals surface area contributed by atoms with Crippen molar-refractivity contribution in [3.05, 3.63) is 94.5 Å². The number of halogens is 1. The SMILES string of the molecule is Cc1ccc(O)c(C2=NN(c3nnc(-c4ccc(Cl)cc4)s3)C(c3ccccc3)C2)c1. The van der Waals surface area contributed by atoms with Crippen molar-refractivity contribution in [2.24, 2.45) is 5.10 Å². The van der Waals surface area contributed by atoms with E-state index in [-0.39, 0.29) is 11.8 Å². The van der Waals surface area contributed by atoms with Crippen LogP contribution in [0.4, 0.5) is 5.13 Å². The lowest BCUT2D eigenvalue weighted by molar-refractivity contribution is 0.474. The number of hydrazone groups is 1. The van der Waals surface area contributed by atoms with Crippen molar-refractivity contribution in [1.82, 2.24) is 10.2 Å². The molecule has 0 bridgehead atoms. The van der Waals surface area contributed by atoms with Crippen molar-refractivity contribution in [2.45, 2.75) is 19.4 Å². The van der Waals surface area contributed by atoms with Crippen molar-refractivity contribution in [1.29, 1.82) is 0 Å². The van der Waals surface area contributed by atoms with Gasteiger partial charge in [0.2, 0.25) is 5.13 Å². The molecule has 7 heteroatoms. The molecule has 0 fully saturated rings. The molecule has 154 valence electrons. The predicted octanol–water partition coefficient (Wildman–Crippen LogP) is 6.23. The normalized spacial score (nSPS) is 15.9. The Bertz CT molecular complexity index is 1250. The minimum absolute atomic E-state index is 0.0258. The van der Waals surface area contributed by atoms with Gasteiger partial charge in [0.15, 0.2) is 0 Å². The van der Waals surface area contributed by atoms with Crippen LogP contribution in [0.1, 0.15) is 29.2 Å². The van der Waals surface area contributed by atoms with Crippen LogP contribution in [-0.4, -0.2) is 21.0 Å². The standard InChI is InChI=1S/C24H19ClN4OS/c1-15-7-12-22(30)19(13-15)20-14-21(16-5-3-2-4-6-16)29(28-20)24-27-26-23(31-24)17-8-10-18(25)11-9-17/h2-13,21,30H,14H2,1H3. The fraction of sp³-hybridized carbons (Fsp3) is 0.125. The van der Waals surface area contributed by atoms with Crippen LogP contribution in [0, 0.1) is 6.92 Å². The third kappa shape index (κ3) is 3.92. The zero-order valence-electron chi connectivity index (χ0n) is 16.7. The van der Waals surface area contributed by atoms with Gasteiger partial charge < -0.3 is 5.11 Å². The number of aromatic hydroxyl groups is 1. The molecule has 1 unspecified atom stereocenters. The largest absolute Gasteiger partial charge is 0.507 e. The molecule has 3 aromatic carbocycles. The minimum atomic E-state index is -0.0258. The van der Waals surface area contributed by atoms with Crippen LogP contribution in [0.5, 0.6) is 5.75 Å². The van der Waals surface area contributed by atoms with Crippen molar-refractivity contribution in [3.63, 3.8) is 0 Å². The number of hydrogen-bond acceptors (Lipinski definition) is 6. The molecule has 1 aliphatic rings. The maximum absolute atomic E-state index is 10.4. The van der Waals surface area contributed by atoms with Gasteiger partial charge in [0.1, 0.15) is 10.8 Å². The van der Waals surface area contributed by atoms with E-state index in [2.05, 4.69) is 22.3 Å². The minimum Gasteiger partial charge on any atom is -0.507 e. The van der Waals surface area contributed by atoms with Crippen LogP contribution >= 0.6 is 22.9 Å². The summed E-state index contributed by atoms with van der Waals surface area (Å²) in [6, 6.07) is 23.3. The van der Waals surface area contributed by atoms with E-state index in [4.69, 9.17) is 16.7 Å². The first-order valence-corrected chi connectivity index (χ1v) is 11.1. The summed E-state index contributed by atoms with van der Waals surface area (Å²) in [4.78, 5) is 0. The summed E-state index contributed by atoms with van der Waals surface area (Å²) >= 11 is 7.50. The lowest BCUT2D eigenvalue weighted by Gasteiger charge is -2.20. The summed E-state index contributed by atoms with van der Waals surface area (Å²) in [5.41, 5.74) is 4.76. The highest BCUT2D eigenvalue weighted by atomic mass is 35.5. The fourth-order valence-electron chi connectivity index (χ4n) is 3.68. The Hall–Kier alpha value is -3.22. The van der Waals surface area contributed by atoms with E-state index in [9.17, 15) is 5.11 Å². The molecule has 0 radical (unpaired) electrons. The molecular weight excluding hydrogens is 428 g/mol. The van der Waals surface area contributed by atoms with Gasteiger partial charge in [-0.3, -0.25) is 0 Å². The number of anilines is 1. The van der Waals surface area contributed by atoms with Crippen LogP contribution in [-0.2, 0) is 0 Å². The molecular formula is C24H19ClN4OS. The number of nitrogens with zero attached hydrogens (tertiary/aromatic N) is 4. The summed E-state index contributed by atoms with van der Waals surface area (Å²) in [6.07, 6.45) is 0.664. The lowest BCUT2D eigenvalue weighted by Crippen LogP contribution is -2.18. The Morgan fingerprint density at radius 3 is 2.55 bits per heavy atom. The number of aromatic nitrogens is 2. The van der Waals surface area contributed by atoms with E-state index in [0.717, 1.165) is 33.0 Å². The molecule has 4 aromatic rings. The Kier molecular flexibility index (Phi) is 5.18. The van der Waals surface area contributed by atoms with Gasteiger partial charge in [0, 0.05) is 22.6 Å². The second-order valence-corrected chi connectivity index (χ2v) is 8.83. The van der Waals surface area contributed by atoms with Gasteiger partial charge >= 0.3 is 0 Å². The maximum Gasteiger partial charge on any atom is 0.229 e. The van der Waals surface area contributed by atoms with Crippen molar-refractivity contribution < 1.29 is 5.11 Å². The van der Waals surface area contributed by atoms with Gasteiger partial charge in [0.25, 0.3) is 0 Å². The summed E-state index contributed by atoms with van der Waals surface area (Å²) < 4.78 is 0. The van der Waals surface area contributed by atoms with E-state index >= 15 is 0 Å². The van der Waals surface area contributed by atoms with Gasteiger partial charge in [-0.15, -0.1) is 10.2 Å². The molecule has 0 amide bonds. The Labute approximate surface area is 189 Å². The summed E-state index contributed by atoms with van der Waals surface area (Å²) in [7, 11) is 0. The molecule has 0 spiro atoms. The first-order chi connectivity index (χ1) is 15.1. The monoisotopic (exact) mass is 446 g/mol. The third-order valence-electron chi connectivity index (χ3n) is 5.26. The average Bonchev–Trinajstić information content (AvgIpc) is 3.44. The number of hydrogen-bond donors (Lipinski definition) is 1. The topological polar surface area (TPSA) is 61.6 Å². The average molecular weight is 447 g/mol. The van der Waals surface area contributed by atoms with Gasteiger partial charge in [-0.25, -0.2) is 5.01 Å². The van der Waals surface area contributed by atoms with Crippen LogP contribution < -0.4 is 5.01 Å². The number of benzene rings is 3. The Morgan fingerprint density at radius 1 is 1.00 bits per heavy atom. The van der Waals surface area contributed by atoms with Crippen molar-refractivity contribution in [2.75, 3.05) is 5.01 Å². The Balaban J connectivity index is 1.55. The van der Waals surface area contributed by atoms with Gasteiger partial charge in [0.05, 0.1) is 11.8 Å². The van der Waals surface area contributed by atoms with Gasteiger partial charge in [-0.1, -0.05) is 77.0 Å². The highest BCUT2D eigenvalue weighted by molar-refractivity contribution is 7.18. The number of rotatable bonds is 4. The summed E-state index contributed by atoms with van der Waals surface area (Å²) in [5.74, 6) is 0.233. The molecule has 1 aromatic heterocycles. The smallest absolute Gasteiger partial charge is 0.229 e. The second-order valence-electron chi connectivity index (χ2n) is 7.44. The zero-order chi connectivity index (χ0) is 21.4. The quantitative estimate of drug-likeness (QED) is 0.403. The van der Waals surface area contributed by atoms with E-state index in [1.54, 1.807) is 6.07 Å². The maximum atomic E-state index is 10.4. The van der Waals surface area contributed by atoms with E-state index in [1.807, 2.05) is 66.5 Å². The number of phenols is 1. The van der Waals surface area contributed by atoms with Crippen molar-refractivity contribution >= 4 is 33.8 Å². The summed E-state index contributed by atoms with van der Waals surface area (Å²) in [6.45, 7) is 2.01. The van der Waals surface area contributed by atoms with E-state index in [1.165, 1.54) is 11.3 Å². The van der Waals surface area contributed by atoms with Crippen LogP contribution in [0.25, 0.3) is 10.6 Å². The molecule has 0 saturated heterocycles. The highest BCUT2D eigenvalue weighted by Gasteiger charge is 2.33. The second kappa shape index (κ2) is 8.13. The fourth-order valence-corrected chi connectivity index (χ4v) is 4.66. The zero-order valence-corrected chi connectivity index (χ0v) is 18.3. The Morgan fingerprint density at radius 2 is 1.77 bits per heavy atom. The molecule has 1 atom stereocenters. The van der Waals surface area contributed by atoms with Gasteiger partial charge in [-0.2, -0.15) is 5.10 Å². The predicted molar refractivity (Wildman–Crippen MR) is 126 cm³/mol. The van der Waals surface area contributed by atoms with Gasteiger partial charge in [-0.05, 0) is 36.8 Å².